The Labute approximate surface area is 163 Å². The number of aliphatic hydroxyl groups is 1. The van der Waals surface area contributed by atoms with Gasteiger partial charge in [0.15, 0.2) is 0 Å². The van der Waals surface area contributed by atoms with E-state index in [2.05, 4.69) is 46.9 Å². The van der Waals surface area contributed by atoms with Crippen LogP contribution >= 0.6 is 0 Å². The minimum atomic E-state index is -2.22. The maximum absolute atomic E-state index is 12.1. The van der Waals surface area contributed by atoms with Crippen molar-refractivity contribution >= 4 is 25.9 Å². The van der Waals surface area contributed by atoms with Gasteiger partial charge in [0, 0.05) is 6.07 Å². The highest BCUT2D eigenvalue weighted by Crippen LogP contribution is 2.43. The number of carbonyl (C=O) groups is 2. The van der Waals surface area contributed by atoms with Crippen molar-refractivity contribution in [2.45, 2.75) is 77.6 Å². The Hall–Kier alpha value is -1.86. The Morgan fingerprint density at radius 2 is 1.52 bits per heavy atom. The molecular formula is C20H33NO5Si. The van der Waals surface area contributed by atoms with Crippen molar-refractivity contribution in [3.05, 3.63) is 23.8 Å². The minimum Gasteiger partial charge on any atom is -0.543 e. The fourth-order valence-corrected chi connectivity index (χ4v) is 8.95. The van der Waals surface area contributed by atoms with E-state index in [4.69, 9.17) is 4.43 Å². The van der Waals surface area contributed by atoms with Crippen LogP contribution in [0.2, 0.25) is 16.6 Å². The summed E-state index contributed by atoms with van der Waals surface area (Å²) in [5.41, 5.74) is -0.501. The van der Waals surface area contributed by atoms with Crippen LogP contribution in [0, 0.1) is 0 Å². The third-order valence-electron chi connectivity index (χ3n) is 5.03. The predicted octanol–water partition coefficient (Wildman–Crippen LogP) is 4.65. The van der Waals surface area contributed by atoms with Crippen LogP contribution in [0.3, 0.4) is 0 Å². The molecule has 27 heavy (non-hydrogen) atoms. The summed E-state index contributed by atoms with van der Waals surface area (Å²) >= 11 is 0. The maximum atomic E-state index is 12.1. The zero-order valence-corrected chi connectivity index (χ0v) is 18.6. The number of hydrogen-bond donors (Lipinski definition) is 3. The van der Waals surface area contributed by atoms with Crippen molar-refractivity contribution in [2.75, 3.05) is 5.32 Å². The Bertz CT molecular complexity index is 670. The molecule has 0 aliphatic heterocycles. The summed E-state index contributed by atoms with van der Waals surface area (Å²) in [4.78, 5) is 23.7. The molecule has 1 rings (SSSR count). The Kier molecular flexibility index (Phi) is 7.24. The molecule has 3 N–H and O–H groups in total. The quantitative estimate of drug-likeness (QED) is 0.557. The first kappa shape index (κ1) is 23.2. The molecule has 0 spiro atoms. The molecule has 152 valence electrons. The Morgan fingerprint density at radius 3 is 1.89 bits per heavy atom. The second-order valence-corrected chi connectivity index (χ2v) is 13.8. The molecule has 0 fully saturated rings. The van der Waals surface area contributed by atoms with E-state index in [1.165, 1.54) is 19.9 Å². The molecule has 0 saturated carbocycles. The molecule has 0 bridgehead atoms. The molecule has 0 aromatic heterocycles. The first-order valence-electron chi connectivity index (χ1n) is 9.33. The van der Waals surface area contributed by atoms with E-state index in [0.29, 0.717) is 22.4 Å². The van der Waals surface area contributed by atoms with Gasteiger partial charge in [-0.15, -0.1) is 0 Å². The summed E-state index contributed by atoms with van der Waals surface area (Å²) in [6, 6.07) is 4.61. The lowest BCUT2D eigenvalue weighted by Gasteiger charge is -2.42. The second kappa shape index (κ2) is 8.44. The van der Waals surface area contributed by atoms with Gasteiger partial charge in [-0.3, -0.25) is 4.79 Å². The molecule has 6 nitrogen and oxygen atoms in total. The molecule has 1 aromatic rings. The largest absolute Gasteiger partial charge is 0.543 e. The van der Waals surface area contributed by atoms with E-state index in [1.54, 1.807) is 12.1 Å². The lowest BCUT2D eigenvalue weighted by atomic mass is 10.1. The van der Waals surface area contributed by atoms with Gasteiger partial charge in [0.2, 0.25) is 0 Å². The van der Waals surface area contributed by atoms with E-state index in [0.717, 1.165) is 0 Å². The van der Waals surface area contributed by atoms with Crippen molar-refractivity contribution < 1.29 is 24.2 Å². The number of carboxylic acids is 1. The molecule has 1 amide bonds. The van der Waals surface area contributed by atoms with E-state index in [1.807, 2.05) is 0 Å². The highest BCUT2D eigenvalue weighted by molar-refractivity contribution is 6.78. The summed E-state index contributed by atoms with van der Waals surface area (Å²) in [5.74, 6) is -1.30. The fourth-order valence-electron chi connectivity index (χ4n) is 3.71. The van der Waals surface area contributed by atoms with Crippen LogP contribution in [-0.4, -0.2) is 36.0 Å². The number of rotatable bonds is 8. The van der Waals surface area contributed by atoms with Crippen LogP contribution in [-0.2, 0) is 4.79 Å². The monoisotopic (exact) mass is 395 g/mol. The van der Waals surface area contributed by atoms with Gasteiger partial charge in [-0.1, -0.05) is 41.5 Å². The van der Waals surface area contributed by atoms with Crippen LogP contribution in [0.1, 0.15) is 65.7 Å². The highest BCUT2D eigenvalue weighted by atomic mass is 28.4. The standard InChI is InChI=1S/C20H33NO5Si/c1-12(2)27(13(3)4,14(5)6)26-15-9-10-16(18(22)23)17(11-15)21-19(24)20(7,8)25/h9-14,25H,1-8H3,(H,21,24)(H,22,23). The average Bonchev–Trinajstić information content (AvgIpc) is 2.50. The number of carboxylic acid groups (broad SMARTS) is 1. The number of amides is 1. The van der Waals surface area contributed by atoms with Crippen LogP contribution in [0.15, 0.2) is 18.2 Å². The number of hydrogen-bond acceptors (Lipinski definition) is 4. The lowest BCUT2D eigenvalue weighted by molar-refractivity contribution is -0.130. The maximum Gasteiger partial charge on any atom is 0.337 e. The van der Waals surface area contributed by atoms with Gasteiger partial charge >= 0.3 is 5.97 Å². The first-order chi connectivity index (χ1) is 12.2. The van der Waals surface area contributed by atoms with Gasteiger partial charge in [0.25, 0.3) is 14.2 Å². The summed E-state index contributed by atoms with van der Waals surface area (Å²) in [6.45, 7) is 15.7. The van der Waals surface area contributed by atoms with E-state index >= 15 is 0 Å². The van der Waals surface area contributed by atoms with Gasteiger partial charge in [0.1, 0.15) is 11.4 Å². The SMILES string of the molecule is CC(C)[Si](Oc1ccc(C(=O)O)c(NC(=O)C(C)(C)O)c1)(C(C)C)C(C)C. The van der Waals surface area contributed by atoms with Crippen molar-refractivity contribution in [1.29, 1.82) is 0 Å². The third-order valence-corrected chi connectivity index (χ3v) is 11.0. The number of benzene rings is 1. The molecule has 7 heteroatoms. The van der Waals surface area contributed by atoms with Gasteiger partial charge in [-0.05, 0) is 42.6 Å². The smallest absolute Gasteiger partial charge is 0.337 e. The third kappa shape index (κ3) is 5.10. The zero-order valence-electron chi connectivity index (χ0n) is 17.6. The first-order valence-corrected chi connectivity index (χ1v) is 11.5. The Morgan fingerprint density at radius 1 is 1.04 bits per heavy atom. The van der Waals surface area contributed by atoms with E-state index < -0.39 is 25.8 Å². The van der Waals surface area contributed by atoms with Gasteiger partial charge in [-0.2, -0.15) is 0 Å². The summed E-state index contributed by atoms with van der Waals surface area (Å²) in [6.07, 6.45) is 0. The van der Waals surface area contributed by atoms with E-state index in [-0.39, 0.29) is 11.3 Å². The number of aromatic carboxylic acids is 1. The van der Waals surface area contributed by atoms with Crippen molar-refractivity contribution in [3.63, 3.8) is 0 Å². The van der Waals surface area contributed by atoms with Crippen LogP contribution in [0.5, 0.6) is 5.75 Å². The zero-order chi connectivity index (χ0) is 21.2. The number of nitrogens with one attached hydrogen (secondary N) is 1. The van der Waals surface area contributed by atoms with Crippen molar-refractivity contribution in [3.8, 4) is 5.75 Å². The predicted molar refractivity (Wildman–Crippen MR) is 110 cm³/mol. The van der Waals surface area contributed by atoms with Crippen molar-refractivity contribution in [1.82, 2.24) is 0 Å². The van der Waals surface area contributed by atoms with Gasteiger partial charge < -0.3 is 20.0 Å². The van der Waals surface area contributed by atoms with Gasteiger partial charge in [0.05, 0.1) is 11.3 Å². The van der Waals surface area contributed by atoms with Gasteiger partial charge in [-0.25, -0.2) is 4.79 Å². The van der Waals surface area contributed by atoms with E-state index in [9.17, 15) is 19.8 Å². The average molecular weight is 396 g/mol. The topological polar surface area (TPSA) is 95.9 Å². The number of carbonyl (C=O) groups excluding carboxylic acids is 1. The summed E-state index contributed by atoms with van der Waals surface area (Å²) in [7, 11) is -2.22. The molecule has 0 radical (unpaired) electrons. The Balaban J connectivity index is 3.40. The van der Waals surface area contributed by atoms with Crippen LogP contribution in [0.25, 0.3) is 0 Å². The minimum absolute atomic E-state index is 0.0501. The molecule has 0 atom stereocenters. The summed E-state index contributed by atoms with van der Waals surface area (Å²) in [5, 5.41) is 21.8. The molecule has 0 aliphatic carbocycles. The molecule has 0 unspecified atom stereocenters. The molecule has 0 aliphatic rings. The van der Waals surface area contributed by atoms with Crippen LogP contribution in [0.4, 0.5) is 5.69 Å². The lowest BCUT2D eigenvalue weighted by Crippen LogP contribution is -2.50. The second-order valence-electron chi connectivity index (χ2n) is 8.45. The number of anilines is 1. The van der Waals surface area contributed by atoms with Crippen molar-refractivity contribution in [2.24, 2.45) is 0 Å². The molecule has 0 heterocycles. The van der Waals surface area contributed by atoms with Crippen LogP contribution < -0.4 is 9.74 Å². The molecule has 0 saturated heterocycles. The summed E-state index contributed by atoms with van der Waals surface area (Å²) < 4.78 is 6.56. The highest BCUT2D eigenvalue weighted by Gasteiger charge is 2.47. The fraction of sp³-hybridized carbons (Fsp3) is 0.600. The normalized spacial score (nSPS) is 12.6. The molecule has 1 aromatic carbocycles. The molecular weight excluding hydrogens is 362 g/mol.